The molecule has 1 aromatic heterocycles. The van der Waals surface area contributed by atoms with Gasteiger partial charge in [0.25, 0.3) is 5.69 Å². The Labute approximate surface area is 134 Å². The lowest BCUT2D eigenvalue weighted by Gasteiger charge is -2.33. The van der Waals surface area contributed by atoms with Crippen LogP contribution in [0.1, 0.15) is 12.6 Å². The minimum atomic E-state index is -3.05. The van der Waals surface area contributed by atoms with E-state index in [2.05, 4.69) is 4.98 Å². The van der Waals surface area contributed by atoms with Crippen molar-refractivity contribution in [1.82, 2.24) is 4.98 Å². The molecule has 3 rings (SSSR count). The number of non-ortho nitro benzene ring substituents is 1. The molecule has 2 heterocycles. The third-order valence-corrected chi connectivity index (χ3v) is 6.32. The first-order chi connectivity index (χ1) is 10.8. The lowest BCUT2D eigenvalue weighted by molar-refractivity contribution is -0.383. The van der Waals surface area contributed by atoms with Crippen LogP contribution in [0.5, 0.6) is 0 Å². The topological polar surface area (TPSA) is 93.4 Å². The van der Waals surface area contributed by atoms with Crippen LogP contribution in [0, 0.1) is 17.0 Å². The number of hydrogen-bond donors (Lipinski definition) is 0. The first kappa shape index (κ1) is 15.7. The Hall–Kier alpha value is -2.22. The van der Waals surface area contributed by atoms with Gasteiger partial charge in [-0.3, -0.25) is 10.1 Å². The Kier molecular flexibility index (Phi) is 3.71. The van der Waals surface area contributed by atoms with Crippen molar-refractivity contribution in [3.05, 3.63) is 40.1 Å². The first-order valence-corrected chi connectivity index (χ1v) is 9.02. The molecule has 0 N–H and O–H groups in total. The number of nitro groups is 1. The summed E-state index contributed by atoms with van der Waals surface area (Å²) in [6, 6.07) is 6.71. The van der Waals surface area contributed by atoms with Crippen LogP contribution in [0.4, 0.5) is 11.4 Å². The van der Waals surface area contributed by atoms with E-state index in [1.807, 2.05) is 11.0 Å². The number of nitrogens with zero attached hydrogens (tertiary/aromatic N) is 3. The number of anilines is 1. The van der Waals surface area contributed by atoms with Crippen molar-refractivity contribution in [2.24, 2.45) is 0 Å². The zero-order valence-corrected chi connectivity index (χ0v) is 13.7. The molecule has 122 valence electrons. The summed E-state index contributed by atoms with van der Waals surface area (Å²) in [5.41, 5.74) is 1.78. The highest BCUT2D eigenvalue weighted by molar-refractivity contribution is 7.92. The van der Waals surface area contributed by atoms with E-state index in [0.29, 0.717) is 29.7 Å². The zero-order valence-electron chi connectivity index (χ0n) is 12.9. The number of fused-ring (bicyclic) bond motifs is 1. The molecule has 0 amide bonds. The molecule has 1 aliphatic heterocycles. The van der Waals surface area contributed by atoms with Crippen molar-refractivity contribution >= 4 is 32.1 Å². The van der Waals surface area contributed by atoms with E-state index >= 15 is 0 Å². The molecule has 7 nitrogen and oxygen atoms in total. The van der Waals surface area contributed by atoms with Crippen LogP contribution in [-0.2, 0) is 9.84 Å². The summed E-state index contributed by atoms with van der Waals surface area (Å²) in [6.07, 6.45) is 0. The van der Waals surface area contributed by atoms with Gasteiger partial charge in [0.05, 0.1) is 15.9 Å². The molecule has 2 aromatic rings. The maximum Gasteiger partial charge on any atom is 0.295 e. The number of aromatic nitrogens is 1. The Morgan fingerprint density at radius 3 is 2.78 bits per heavy atom. The van der Waals surface area contributed by atoms with E-state index in [-0.39, 0.29) is 11.4 Å². The second-order valence-corrected chi connectivity index (χ2v) is 8.38. The van der Waals surface area contributed by atoms with Crippen LogP contribution in [0.25, 0.3) is 10.9 Å². The van der Waals surface area contributed by atoms with Gasteiger partial charge in [-0.15, -0.1) is 0 Å². The average Bonchev–Trinajstić information content (AvgIpc) is 2.48. The van der Waals surface area contributed by atoms with Gasteiger partial charge in [-0.1, -0.05) is 12.1 Å². The van der Waals surface area contributed by atoms with Crippen LogP contribution in [0.15, 0.2) is 24.3 Å². The SMILES string of the molecule is Cc1cc(N2CCS(=O)(=O)C(C)C2)c2cccc([N+](=O)[O-])c2n1. The number of nitro benzene ring substituents is 1. The number of sulfone groups is 1. The van der Waals surface area contributed by atoms with Gasteiger partial charge in [-0.05, 0) is 19.9 Å². The molecule has 0 bridgehead atoms. The van der Waals surface area contributed by atoms with Gasteiger partial charge in [-0.25, -0.2) is 13.4 Å². The van der Waals surface area contributed by atoms with E-state index in [0.717, 1.165) is 5.69 Å². The molecule has 1 aromatic carbocycles. The third kappa shape index (κ3) is 2.74. The number of aryl methyl sites for hydroxylation is 1. The van der Waals surface area contributed by atoms with Crippen LogP contribution < -0.4 is 4.90 Å². The second-order valence-electron chi connectivity index (χ2n) is 5.84. The third-order valence-electron chi connectivity index (χ3n) is 4.20. The lowest BCUT2D eigenvalue weighted by Crippen LogP contribution is -2.45. The van der Waals surface area contributed by atoms with Crippen molar-refractivity contribution in [3.8, 4) is 0 Å². The number of hydrogen-bond acceptors (Lipinski definition) is 6. The molecule has 1 atom stereocenters. The quantitative estimate of drug-likeness (QED) is 0.616. The minimum Gasteiger partial charge on any atom is -0.369 e. The number of pyridine rings is 1. The van der Waals surface area contributed by atoms with Crippen molar-refractivity contribution < 1.29 is 13.3 Å². The van der Waals surface area contributed by atoms with E-state index < -0.39 is 20.0 Å². The van der Waals surface area contributed by atoms with Crippen LogP contribution in [0.3, 0.4) is 0 Å². The smallest absolute Gasteiger partial charge is 0.295 e. The van der Waals surface area contributed by atoms with Crippen molar-refractivity contribution in [3.63, 3.8) is 0 Å². The zero-order chi connectivity index (χ0) is 16.8. The summed E-state index contributed by atoms with van der Waals surface area (Å²) < 4.78 is 23.8. The molecule has 0 spiro atoms. The van der Waals surface area contributed by atoms with Crippen molar-refractivity contribution in [1.29, 1.82) is 0 Å². The minimum absolute atomic E-state index is 0.0369. The van der Waals surface area contributed by atoms with Gasteiger partial charge in [0.1, 0.15) is 0 Å². The average molecular weight is 335 g/mol. The predicted octanol–water partition coefficient (Wildman–Crippen LogP) is 2.07. The van der Waals surface area contributed by atoms with Crippen LogP contribution in [0.2, 0.25) is 0 Å². The number of rotatable bonds is 2. The summed E-state index contributed by atoms with van der Waals surface area (Å²) in [7, 11) is -3.05. The fraction of sp³-hybridized carbons (Fsp3) is 0.400. The molecule has 1 aliphatic rings. The van der Waals surface area contributed by atoms with Gasteiger partial charge in [-0.2, -0.15) is 0 Å². The Balaban J connectivity index is 2.15. The molecule has 23 heavy (non-hydrogen) atoms. The van der Waals surface area contributed by atoms with Gasteiger partial charge < -0.3 is 4.90 Å². The molecule has 1 saturated heterocycles. The predicted molar refractivity (Wildman–Crippen MR) is 88.6 cm³/mol. The van der Waals surface area contributed by atoms with Crippen LogP contribution >= 0.6 is 0 Å². The molecule has 1 unspecified atom stereocenters. The molecule has 0 saturated carbocycles. The lowest BCUT2D eigenvalue weighted by atomic mass is 10.1. The molecule has 0 radical (unpaired) electrons. The Morgan fingerprint density at radius 1 is 1.39 bits per heavy atom. The van der Waals surface area contributed by atoms with Gasteiger partial charge in [0, 0.05) is 35.9 Å². The van der Waals surface area contributed by atoms with Crippen molar-refractivity contribution in [2.45, 2.75) is 19.1 Å². The largest absolute Gasteiger partial charge is 0.369 e. The van der Waals surface area contributed by atoms with Crippen LogP contribution in [-0.4, -0.2) is 42.4 Å². The monoisotopic (exact) mass is 335 g/mol. The second kappa shape index (κ2) is 5.45. The van der Waals surface area contributed by atoms with E-state index in [9.17, 15) is 18.5 Å². The highest BCUT2D eigenvalue weighted by Crippen LogP contribution is 2.33. The van der Waals surface area contributed by atoms with Gasteiger partial charge >= 0.3 is 0 Å². The summed E-state index contributed by atoms with van der Waals surface area (Å²) >= 11 is 0. The Bertz CT molecular complexity index is 895. The maximum absolute atomic E-state index is 11.9. The summed E-state index contributed by atoms with van der Waals surface area (Å²) in [5.74, 6) is 0.0892. The fourth-order valence-corrected chi connectivity index (χ4v) is 4.21. The standard InChI is InChI=1S/C15H17N3O4S/c1-10-8-14(17-6-7-23(21,22)11(2)9-17)12-4-3-5-13(18(19)20)15(12)16-10/h3-5,8,11H,6-7,9H2,1-2H3. The highest BCUT2D eigenvalue weighted by Gasteiger charge is 2.30. The molecule has 0 aliphatic carbocycles. The number of para-hydroxylation sites is 1. The summed E-state index contributed by atoms with van der Waals surface area (Å²) in [4.78, 5) is 17.1. The normalized spacial score (nSPS) is 20.6. The van der Waals surface area contributed by atoms with E-state index in [1.165, 1.54) is 6.07 Å². The van der Waals surface area contributed by atoms with Gasteiger partial charge in [0.15, 0.2) is 15.4 Å². The fourth-order valence-electron chi connectivity index (χ4n) is 2.92. The van der Waals surface area contributed by atoms with Gasteiger partial charge in [0.2, 0.25) is 0 Å². The summed E-state index contributed by atoms with van der Waals surface area (Å²) in [5, 5.41) is 11.4. The molecular formula is C15H17N3O4S. The first-order valence-electron chi connectivity index (χ1n) is 7.31. The molecular weight excluding hydrogens is 318 g/mol. The van der Waals surface area contributed by atoms with Crippen molar-refractivity contribution in [2.75, 3.05) is 23.7 Å². The van der Waals surface area contributed by atoms with E-state index in [1.54, 1.807) is 26.0 Å². The highest BCUT2D eigenvalue weighted by atomic mass is 32.2. The number of benzene rings is 1. The Morgan fingerprint density at radius 2 is 2.13 bits per heavy atom. The summed E-state index contributed by atoms with van der Waals surface area (Å²) in [6.45, 7) is 4.24. The van der Waals surface area contributed by atoms with E-state index in [4.69, 9.17) is 0 Å². The molecule has 8 heteroatoms. The molecule has 1 fully saturated rings. The maximum atomic E-state index is 11.9.